The van der Waals surface area contributed by atoms with E-state index in [2.05, 4.69) is 108 Å². The average Bonchev–Trinajstić information content (AvgIpc) is 2.59. The van der Waals surface area contributed by atoms with Crippen LogP contribution in [0.2, 0.25) is 0 Å². The predicted octanol–water partition coefficient (Wildman–Crippen LogP) is 4.42. The molecule has 0 saturated heterocycles. The second kappa shape index (κ2) is 7.89. The number of halogens is 1. The summed E-state index contributed by atoms with van der Waals surface area (Å²) in [6.45, 7) is 0. The molecule has 0 radical (unpaired) electrons. The largest absolute Gasteiger partial charge is 0.0860 e. The first-order valence-electron chi connectivity index (χ1n) is 7.44. The molecule has 0 fully saturated rings. The van der Waals surface area contributed by atoms with Crippen molar-refractivity contribution < 1.29 is 0 Å². The molecule has 0 amide bonds. The van der Waals surface area contributed by atoms with Crippen molar-refractivity contribution in [2.45, 2.75) is 6.42 Å². The molecule has 110 valence electrons. The van der Waals surface area contributed by atoms with Crippen LogP contribution < -0.4 is 15.9 Å². The number of alkyl halides is 1. The summed E-state index contributed by atoms with van der Waals surface area (Å²) in [5.74, 6) is 0. The molecule has 0 atom stereocenters. The van der Waals surface area contributed by atoms with Crippen molar-refractivity contribution in [3.63, 3.8) is 0 Å². The second-order valence-electron chi connectivity index (χ2n) is 5.07. The van der Waals surface area contributed by atoms with E-state index in [9.17, 15) is 0 Å². The fraction of sp³-hybridized carbons (Fsp3) is 0.100. The number of hydrogen-bond acceptors (Lipinski definition) is 0. The lowest BCUT2D eigenvalue weighted by Gasteiger charge is -2.22. The van der Waals surface area contributed by atoms with E-state index in [-0.39, 0.29) is 0 Å². The molecule has 0 spiro atoms. The van der Waals surface area contributed by atoms with Crippen LogP contribution in [0.1, 0.15) is 5.56 Å². The Kier molecular flexibility index (Phi) is 5.64. The van der Waals surface area contributed by atoms with E-state index in [0.717, 1.165) is 10.8 Å². The van der Waals surface area contributed by atoms with Gasteiger partial charge in [0, 0.05) is 4.43 Å². The summed E-state index contributed by atoms with van der Waals surface area (Å²) in [5, 5.41) is 4.33. The standard InChI is InChI=1S/C20H18IP/c21-16-15-17-9-7-8-14-20(17)22(18-10-3-1-4-11-18)19-12-5-2-6-13-19/h1-14H,15-16H2. The first-order chi connectivity index (χ1) is 10.9. The second-order valence-corrected chi connectivity index (χ2v) is 8.34. The van der Waals surface area contributed by atoms with Crippen LogP contribution in [0.15, 0.2) is 84.9 Å². The van der Waals surface area contributed by atoms with E-state index in [0.29, 0.717) is 0 Å². The van der Waals surface area contributed by atoms with E-state index >= 15 is 0 Å². The van der Waals surface area contributed by atoms with Gasteiger partial charge in [-0.1, -0.05) is 108 Å². The Hall–Kier alpha value is -1.18. The molecule has 0 saturated carbocycles. The first kappa shape index (κ1) is 15.7. The van der Waals surface area contributed by atoms with Gasteiger partial charge in [0.2, 0.25) is 0 Å². The lowest BCUT2D eigenvalue weighted by Crippen LogP contribution is -2.23. The quantitative estimate of drug-likeness (QED) is 0.328. The van der Waals surface area contributed by atoms with Gasteiger partial charge in [0.15, 0.2) is 0 Å². The molecule has 0 aromatic heterocycles. The summed E-state index contributed by atoms with van der Waals surface area (Å²) in [6, 6.07) is 30.8. The fourth-order valence-corrected chi connectivity index (χ4v) is 5.71. The predicted molar refractivity (Wildman–Crippen MR) is 108 cm³/mol. The Morgan fingerprint density at radius 2 is 1.14 bits per heavy atom. The van der Waals surface area contributed by atoms with Gasteiger partial charge in [-0.25, -0.2) is 0 Å². The number of aryl methyl sites for hydroxylation is 1. The van der Waals surface area contributed by atoms with E-state index < -0.39 is 7.92 Å². The molecule has 0 aliphatic carbocycles. The zero-order valence-electron chi connectivity index (χ0n) is 12.3. The number of hydrogen-bond donors (Lipinski definition) is 0. The SMILES string of the molecule is ICCc1ccccc1P(c1ccccc1)c1ccccc1. The van der Waals surface area contributed by atoms with Crippen LogP contribution in [-0.2, 0) is 6.42 Å². The Bertz CT molecular complexity index is 671. The smallest absolute Gasteiger partial charge is 0.00360 e. The van der Waals surface area contributed by atoms with E-state index in [4.69, 9.17) is 0 Å². The van der Waals surface area contributed by atoms with Crippen molar-refractivity contribution in [3.05, 3.63) is 90.5 Å². The van der Waals surface area contributed by atoms with Gasteiger partial charge in [0.25, 0.3) is 0 Å². The van der Waals surface area contributed by atoms with Gasteiger partial charge in [-0.15, -0.1) is 0 Å². The summed E-state index contributed by atoms with van der Waals surface area (Å²) in [6.07, 6.45) is 1.13. The fourth-order valence-electron chi connectivity index (χ4n) is 2.62. The van der Waals surface area contributed by atoms with Crippen LogP contribution in [0, 0.1) is 0 Å². The maximum atomic E-state index is 2.47. The van der Waals surface area contributed by atoms with Gasteiger partial charge in [-0.2, -0.15) is 0 Å². The molecule has 3 rings (SSSR count). The zero-order valence-corrected chi connectivity index (χ0v) is 15.4. The van der Waals surface area contributed by atoms with E-state index in [1.54, 1.807) is 0 Å². The average molecular weight is 416 g/mol. The summed E-state index contributed by atoms with van der Waals surface area (Å²) in [7, 11) is -0.482. The minimum absolute atomic E-state index is 0.482. The highest BCUT2D eigenvalue weighted by Gasteiger charge is 2.18. The van der Waals surface area contributed by atoms with Crippen molar-refractivity contribution in [1.29, 1.82) is 0 Å². The van der Waals surface area contributed by atoms with Gasteiger partial charge in [0.1, 0.15) is 0 Å². The molecule has 0 heterocycles. The number of benzene rings is 3. The van der Waals surface area contributed by atoms with Crippen molar-refractivity contribution >= 4 is 46.4 Å². The van der Waals surface area contributed by atoms with E-state index in [1.165, 1.54) is 21.5 Å². The van der Waals surface area contributed by atoms with Gasteiger partial charge in [-0.05, 0) is 35.8 Å². The molecule has 3 aromatic rings. The Morgan fingerprint density at radius 1 is 0.636 bits per heavy atom. The highest BCUT2D eigenvalue weighted by molar-refractivity contribution is 14.1. The van der Waals surface area contributed by atoms with Crippen molar-refractivity contribution in [2.24, 2.45) is 0 Å². The molecule has 0 nitrogen and oxygen atoms in total. The molecule has 0 N–H and O–H groups in total. The zero-order chi connectivity index (χ0) is 15.2. The monoisotopic (exact) mass is 416 g/mol. The first-order valence-corrected chi connectivity index (χ1v) is 10.3. The minimum atomic E-state index is -0.482. The van der Waals surface area contributed by atoms with Gasteiger partial charge in [0.05, 0.1) is 0 Å². The third kappa shape index (κ3) is 3.59. The molecule has 0 unspecified atom stereocenters. The molecule has 0 aliphatic heterocycles. The van der Waals surface area contributed by atoms with Crippen LogP contribution in [0.5, 0.6) is 0 Å². The number of rotatable bonds is 5. The van der Waals surface area contributed by atoms with Gasteiger partial charge in [-0.3, -0.25) is 0 Å². The molecule has 22 heavy (non-hydrogen) atoms. The normalized spacial score (nSPS) is 10.8. The molecule has 0 bridgehead atoms. The maximum Gasteiger partial charge on any atom is 0.00360 e. The van der Waals surface area contributed by atoms with Crippen LogP contribution in [0.4, 0.5) is 0 Å². The molecular weight excluding hydrogens is 398 g/mol. The minimum Gasteiger partial charge on any atom is -0.0860 e. The third-order valence-corrected chi connectivity index (χ3v) is 6.71. The summed E-state index contributed by atoms with van der Waals surface area (Å²) in [4.78, 5) is 0. The van der Waals surface area contributed by atoms with Crippen molar-refractivity contribution in [3.8, 4) is 0 Å². The highest BCUT2D eigenvalue weighted by atomic mass is 127. The van der Waals surface area contributed by atoms with Gasteiger partial charge < -0.3 is 0 Å². The summed E-state index contributed by atoms with van der Waals surface area (Å²) < 4.78 is 1.15. The molecular formula is C20H18IP. The molecule has 0 aliphatic rings. The Labute approximate surface area is 147 Å². The van der Waals surface area contributed by atoms with Crippen LogP contribution in [-0.4, -0.2) is 4.43 Å². The molecule has 3 aromatic carbocycles. The van der Waals surface area contributed by atoms with Crippen LogP contribution in [0.25, 0.3) is 0 Å². The maximum absolute atomic E-state index is 2.47. The van der Waals surface area contributed by atoms with Crippen LogP contribution >= 0.6 is 30.5 Å². The van der Waals surface area contributed by atoms with Crippen molar-refractivity contribution in [2.75, 3.05) is 4.43 Å². The summed E-state index contributed by atoms with van der Waals surface area (Å²) >= 11 is 2.47. The lowest BCUT2D eigenvalue weighted by molar-refractivity contribution is 1.20. The topological polar surface area (TPSA) is 0 Å². The Balaban J connectivity index is 2.15. The Morgan fingerprint density at radius 3 is 1.68 bits per heavy atom. The van der Waals surface area contributed by atoms with Crippen molar-refractivity contribution in [1.82, 2.24) is 0 Å². The van der Waals surface area contributed by atoms with E-state index in [1.807, 2.05) is 0 Å². The highest BCUT2D eigenvalue weighted by Crippen LogP contribution is 2.34. The summed E-state index contributed by atoms with van der Waals surface area (Å²) in [5.41, 5.74) is 1.48. The van der Waals surface area contributed by atoms with Gasteiger partial charge >= 0.3 is 0 Å². The lowest BCUT2D eigenvalue weighted by atomic mass is 10.2. The molecule has 2 heteroatoms. The van der Waals surface area contributed by atoms with Crippen LogP contribution in [0.3, 0.4) is 0 Å². The third-order valence-electron chi connectivity index (χ3n) is 3.63.